The van der Waals surface area contributed by atoms with Gasteiger partial charge in [-0.1, -0.05) is 69.7 Å². The van der Waals surface area contributed by atoms with Gasteiger partial charge in [0.05, 0.1) is 0 Å². The molecule has 0 nitrogen and oxygen atoms in total. The van der Waals surface area contributed by atoms with E-state index in [-0.39, 0.29) is 22.3 Å². The van der Waals surface area contributed by atoms with Gasteiger partial charge in [-0.15, -0.1) is 0 Å². The molecular formula is C11H32. The molecule has 0 aliphatic carbocycles. The van der Waals surface area contributed by atoms with Gasteiger partial charge in [-0.2, -0.15) is 0 Å². The SMILES string of the molecule is C.C.C.CC.CC.[CH]CCC. The first-order valence-electron chi connectivity index (χ1n) is 3.62. The highest BCUT2D eigenvalue weighted by molar-refractivity contribution is 4.29. The second-order valence-electron chi connectivity index (χ2n) is 0.789. The Hall–Kier alpha value is 0. The summed E-state index contributed by atoms with van der Waals surface area (Å²) in [7, 11) is 0. The van der Waals surface area contributed by atoms with E-state index in [9.17, 15) is 0 Å². The third-order valence-corrected chi connectivity index (χ3v) is 0.289. The standard InChI is InChI=1S/C4H8.2C2H6.3CH4/c1-3-4-2;2*1-2;;;/h1H,3-4H2,2H3;2*1-2H3;3*1H4. The maximum Gasteiger partial charge on any atom is -0.0352 e. The number of hydrogen-bond donors (Lipinski definition) is 0. The van der Waals surface area contributed by atoms with Gasteiger partial charge >= 0.3 is 0 Å². The second-order valence-corrected chi connectivity index (χ2v) is 0.789. The Bertz CT molecular complexity index is 2.00. The van der Waals surface area contributed by atoms with Crippen molar-refractivity contribution in [3.8, 4) is 0 Å². The van der Waals surface area contributed by atoms with E-state index in [0.717, 1.165) is 12.8 Å². The molecule has 0 unspecified atom stereocenters. The van der Waals surface area contributed by atoms with Gasteiger partial charge in [0.1, 0.15) is 0 Å². The molecule has 0 amide bonds. The summed E-state index contributed by atoms with van der Waals surface area (Å²) in [4.78, 5) is 0. The number of unbranched alkanes of at least 4 members (excludes halogenated alkanes) is 1. The summed E-state index contributed by atoms with van der Waals surface area (Å²) in [6, 6.07) is 0. The van der Waals surface area contributed by atoms with Gasteiger partial charge in [0.15, 0.2) is 0 Å². The molecule has 11 heavy (non-hydrogen) atoms. The fraction of sp³-hybridized carbons (Fsp3) is 0.909. The first-order valence-corrected chi connectivity index (χ1v) is 3.62. The third-order valence-electron chi connectivity index (χ3n) is 0.289. The van der Waals surface area contributed by atoms with Gasteiger partial charge in [-0.3, -0.25) is 0 Å². The number of hydrogen-bond acceptors (Lipinski definition) is 0. The van der Waals surface area contributed by atoms with Gasteiger partial charge < -0.3 is 0 Å². The molecule has 0 rings (SSSR count). The van der Waals surface area contributed by atoms with Crippen LogP contribution < -0.4 is 0 Å². The molecule has 0 aromatic carbocycles. The van der Waals surface area contributed by atoms with Gasteiger partial charge in [-0.25, -0.2) is 0 Å². The van der Waals surface area contributed by atoms with Crippen molar-refractivity contribution in [3.63, 3.8) is 0 Å². The van der Waals surface area contributed by atoms with E-state index in [4.69, 9.17) is 6.92 Å². The molecule has 0 bridgehead atoms. The Kier molecular flexibility index (Phi) is 810. The maximum absolute atomic E-state index is 5.03. The molecule has 0 aliphatic heterocycles. The van der Waals surface area contributed by atoms with Crippen LogP contribution in [0.1, 0.15) is 69.7 Å². The van der Waals surface area contributed by atoms with E-state index in [1.165, 1.54) is 0 Å². The van der Waals surface area contributed by atoms with Crippen molar-refractivity contribution in [2.75, 3.05) is 0 Å². The van der Waals surface area contributed by atoms with Crippen LogP contribution in [-0.4, -0.2) is 0 Å². The molecule has 0 N–H and O–H groups in total. The number of rotatable bonds is 1. The van der Waals surface area contributed by atoms with Gasteiger partial charge in [0.25, 0.3) is 0 Å². The predicted octanol–water partition coefficient (Wildman–Crippen LogP) is 5.46. The lowest BCUT2D eigenvalue weighted by atomic mass is 10.4. The predicted molar refractivity (Wildman–Crippen MR) is 62.1 cm³/mol. The lowest BCUT2D eigenvalue weighted by Crippen LogP contribution is -1.48. The largest absolute Gasteiger partial charge is 0.0776 e. The van der Waals surface area contributed by atoms with Crippen molar-refractivity contribution in [3.05, 3.63) is 6.92 Å². The Morgan fingerprint density at radius 3 is 0.909 bits per heavy atom. The van der Waals surface area contributed by atoms with Crippen molar-refractivity contribution in [2.45, 2.75) is 69.7 Å². The summed E-state index contributed by atoms with van der Waals surface area (Å²) in [6.07, 6.45) is 1.92. The quantitative estimate of drug-likeness (QED) is 0.483. The van der Waals surface area contributed by atoms with Crippen molar-refractivity contribution < 1.29 is 0 Å². The highest BCUT2D eigenvalue weighted by Gasteiger charge is 1.57. The summed E-state index contributed by atoms with van der Waals surface area (Å²) in [5.74, 6) is 0. The molecule has 0 aromatic heterocycles. The van der Waals surface area contributed by atoms with E-state index >= 15 is 0 Å². The van der Waals surface area contributed by atoms with Crippen LogP contribution in [0.3, 0.4) is 0 Å². The Morgan fingerprint density at radius 2 is 0.909 bits per heavy atom. The highest BCUT2D eigenvalue weighted by Crippen LogP contribution is 1.75. The third kappa shape index (κ3) is 640. The van der Waals surface area contributed by atoms with Crippen molar-refractivity contribution in [1.29, 1.82) is 0 Å². The summed E-state index contributed by atoms with van der Waals surface area (Å²) < 4.78 is 0. The minimum absolute atomic E-state index is 0. The lowest BCUT2D eigenvalue weighted by Gasteiger charge is -1.67. The molecule has 0 aromatic rings. The average Bonchev–Trinajstić information content (AvgIpc) is 1.96. The zero-order chi connectivity index (χ0) is 7.41. The molecule has 0 heteroatoms. The fourth-order valence-corrected chi connectivity index (χ4v) is 0. The Balaban J connectivity index is -0.00000000813. The molecular weight excluding hydrogens is 132 g/mol. The van der Waals surface area contributed by atoms with Crippen molar-refractivity contribution in [1.82, 2.24) is 0 Å². The topological polar surface area (TPSA) is 0 Å². The zero-order valence-corrected chi connectivity index (χ0v) is 6.99. The van der Waals surface area contributed by atoms with Gasteiger partial charge in [0, 0.05) is 0 Å². The van der Waals surface area contributed by atoms with E-state index < -0.39 is 0 Å². The summed E-state index contributed by atoms with van der Waals surface area (Å²) in [6.45, 7) is 15.1. The lowest BCUT2D eigenvalue weighted by molar-refractivity contribution is 0.956. The van der Waals surface area contributed by atoms with Crippen LogP contribution in [0, 0.1) is 6.92 Å². The van der Waals surface area contributed by atoms with Crippen LogP contribution in [0.4, 0.5) is 0 Å². The van der Waals surface area contributed by atoms with Crippen molar-refractivity contribution >= 4 is 0 Å². The minimum Gasteiger partial charge on any atom is -0.0776 e. The first-order chi connectivity index (χ1) is 3.91. The molecule has 0 aliphatic rings. The van der Waals surface area contributed by atoms with Crippen LogP contribution in [0.25, 0.3) is 0 Å². The monoisotopic (exact) mass is 164 g/mol. The summed E-state index contributed by atoms with van der Waals surface area (Å²) in [5.41, 5.74) is 0. The van der Waals surface area contributed by atoms with E-state index in [0.29, 0.717) is 0 Å². The molecule has 2 radical (unpaired) electrons. The van der Waals surface area contributed by atoms with E-state index in [2.05, 4.69) is 6.92 Å². The molecule has 76 valence electrons. The van der Waals surface area contributed by atoms with Crippen LogP contribution in [-0.2, 0) is 0 Å². The molecule has 0 fully saturated rings. The zero-order valence-electron chi connectivity index (χ0n) is 6.99. The van der Waals surface area contributed by atoms with Crippen LogP contribution >= 0.6 is 0 Å². The van der Waals surface area contributed by atoms with Gasteiger partial charge in [-0.05, 0) is 6.92 Å². The normalized spacial score (nSPS) is 3.82. The maximum atomic E-state index is 5.03. The Morgan fingerprint density at radius 1 is 0.818 bits per heavy atom. The summed E-state index contributed by atoms with van der Waals surface area (Å²) in [5, 5.41) is 0. The van der Waals surface area contributed by atoms with E-state index in [1.807, 2.05) is 27.7 Å². The molecule has 0 atom stereocenters. The molecule has 0 spiro atoms. The summed E-state index contributed by atoms with van der Waals surface area (Å²) >= 11 is 0. The second kappa shape index (κ2) is 202. The molecule has 0 saturated heterocycles. The fourth-order valence-electron chi connectivity index (χ4n) is 0. The minimum atomic E-state index is 0. The average molecular weight is 164 g/mol. The van der Waals surface area contributed by atoms with Crippen molar-refractivity contribution in [2.24, 2.45) is 0 Å². The van der Waals surface area contributed by atoms with Crippen LogP contribution in [0.2, 0.25) is 0 Å². The molecule has 0 heterocycles. The van der Waals surface area contributed by atoms with E-state index in [1.54, 1.807) is 0 Å². The van der Waals surface area contributed by atoms with Crippen LogP contribution in [0.5, 0.6) is 0 Å². The smallest absolute Gasteiger partial charge is 0.0352 e. The van der Waals surface area contributed by atoms with Gasteiger partial charge in [0.2, 0.25) is 0 Å². The highest BCUT2D eigenvalue weighted by atomic mass is 13.6. The van der Waals surface area contributed by atoms with Crippen LogP contribution in [0.15, 0.2) is 0 Å². The Labute approximate surface area is 77.4 Å². The first kappa shape index (κ1) is 44.0. The molecule has 0 saturated carbocycles.